The van der Waals surface area contributed by atoms with E-state index >= 15 is 0 Å². The molecular weight excluding hydrogens is 279 g/mol. The molecule has 1 aromatic carbocycles. The molecular formula is C9H7IN2O. The van der Waals surface area contributed by atoms with Crippen molar-refractivity contribution in [3.63, 3.8) is 0 Å². The first-order valence-corrected chi connectivity index (χ1v) is 4.94. The van der Waals surface area contributed by atoms with Crippen molar-refractivity contribution in [3.8, 4) is 0 Å². The molecule has 3 nitrogen and oxygen atoms in total. The predicted molar refractivity (Wildman–Crippen MR) is 56.3 cm³/mol. The van der Waals surface area contributed by atoms with Gasteiger partial charge in [0.25, 0.3) is 3.90 Å². The summed E-state index contributed by atoms with van der Waals surface area (Å²) in [4.78, 5) is 0. The molecule has 0 aliphatic heterocycles. The lowest BCUT2D eigenvalue weighted by Gasteiger charge is -1.93. The van der Waals surface area contributed by atoms with E-state index < -0.39 is 0 Å². The minimum atomic E-state index is 0.587. The van der Waals surface area contributed by atoms with Crippen LogP contribution in [0.15, 0.2) is 34.7 Å². The maximum absolute atomic E-state index is 5.25. The Morgan fingerprint density at radius 1 is 1.15 bits per heavy atom. The van der Waals surface area contributed by atoms with Crippen LogP contribution in [0.25, 0.3) is 0 Å². The van der Waals surface area contributed by atoms with Gasteiger partial charge in [-0.3, -0.25) is 0 Å². The van der Waals surface area contributed by atoms with Gasteiger partial charge in [-0.15, -0.1) is 10.2 Å². The van der Waals surface area contributed by atoms with E-state index in [1.165, 1.54) is 5.56 Å². The van der Waals surface area contributed by atoms with Crippen LogP contribution in [0.1, 0.15) is 11.5 Å². The summed E-state index contributed by atoms with van der Waals surface area (Å²) in [6, 6.07) is 10.1. The molecule has 13 heavy (non-hydrogen) atoms. The van der Waals surface area contributed by atoms with Gasteiger partial charge in [0.2, 0.25) is 5.89 Å². The van der Waals surface area contributed by atoms with Crippen molar-refractivity contribution in [1.82, 2.24) is 10.2 Å². The lowest BCUT2D eigenvalue weighted by molar-refractivity contribution is 0.479. The molecule has 1 aromatic heterocycles. The van der Waals surface area contributed by atoms with Crippen LogP contribution < -0.4 is 0 Å². The second kappa shape index (κ2) is 3.87. The first-order valence-electron chi connectivity index (χ1n) is 3.86. The summed E-state index contributed by atoms with van der Waals surface area (Å²) in [5.74, 6) is 0.663. The predicted octanol–water partition coefficient (Wildman–Crippen LogP) is 2.27. The smallest absolute Gasteiger partial charge is 0.278 e. The molecule has 4 heteroatoms. The third-order valence-corrected chi connectivity index (χ3v) is 2.08. The Hall–Kier alpha value is -0.910. The zero-order valence-electron chi connectivity index (χ0n) is 6.77. The van der Waals surface area contributed by atoms with Gasteiger partial charge in [-0.05, 0) is 5.56 Å². The largest absolute Gasteiger partial charge is 0.416 e. The van der Waals surface area contributed by atoms with E-state index in [1.807, 2.05) is 52.9 Å². The fourth-order valence-electron chi connectivity index (χ4n) is 1.08. The van der Waals surface area contributed by atoms with Crippen LogP contribution in [-0.2, 0) is 6.42 Å². The van der Waals surface area contributed by atoms with Crippen LogP contribution in [0.5, 0.6) is 0 Å². The van der Waals surface area contributed by atoms with E-state index in [0.29, 0.717) is 16.2 Å². The lowest BCUT2D eigenvalue weighted by Crippen LogP contribution is -1.87. The van der Waals surface area contributed by atoms with Gasteiger partial charge in [0.05, 0.1) is 6.42 Å². The Kier molecular flexibility index (Phi) is 2.58. The van der Waals surface area contributed by atoms with Crippen molar-refractivity contribution in [2.45, 2.75) is 6.42 Å². The van der Waals surface area contributed by atoms with Crippen molar-refractivity contribution < 1.29 is 4.42 Å². The van der Waals surface area contributed by atoms with E-state index in [2.05, 4.69) is 10.2 Å². The summed E-state index contributed by atoms with van der Waals surface area (Å²) < 4.78 is 5.84. The SMILES string of the molecule is Ic1nnc(Cc2ccccc2)o1. The third kappa shape index (κ3) is 2.27. The highest BCUT2D eigenvalue weighted by Gasteiger charge is 2.03. The second-order valence-corrected chi connectivity index (χ2v) is 3.53. The molecule has 1 heterocycles. The zero-order valence-corrected chi connectivity index (χ0v) is 8.93. The van der Waals surface area contributed by atoms with Gasteiger partial charge in [0.1, 0.15) is 0 Å². The Morgan fingerprint density at radius 3 is 2.54 bits per heavy atom. The summed E-state index contributed by atoms with van der Waals surface area (Å²) in [6.07, 6.45) is 0.705. The summed E-state index contributed by atoms with van der Waals surface area (Å²) >= 11 is 2.00. The highest BCUT2D eigenvalue weighted by atomic mass is 127. The maximum atomic E-state index is 5.25. The van der Waals surface area contributed by atoms with Gasteiger partial charge >= 0.3 is 0 Å². The Morgan fingerprint density at radius 2 is 1.92 bits per heavy atom. The van der Waals surface area contributed by atoms with Gasteiger partial charge in [0.15, 0.2) is 0 Å². The van der Waals surface area contributed by atoms with Crippen LogP contribution in [0, 0.1) is 3.90 Å². The van der Waals surface area contributed by atoms with E-state index in [0.717, 1.165) is 0 Å². The Balaban J connectivity index is 2.15. The number of hydrogen-bond donors (Lipinski definition) is 0. The molecule has 0 atom stereocenters. The van der Waals surface area contributed by atoms with Crippen LogP contribution in [0.3, 0.4) is 0 Å². The van der Waals surface area contributed by atoms with E-state index in [4.69, 9.17) is 4.42 Å². The maximum Gasteiger partial charge on any atom is 0.278 e. The van der Waals surface area contributed by atoms with Gasteiger partial charge in [-0.1, -0.05) is 30.3 Å². The number of rotatable bonds is 2. The Bertz CT molecular complexity index is 386. The summed E-state index contributed by atoms with van der Waals surface area (Å²) in [5.41, 5.74) is 1.18. The second-order valence-electron chi connectivity index (χ2n) is 2.61. The summed E-state index contributed by atoms with van der Waals surface area (Å²) in [5, 5.41) is 7.67. The molecule has 2 aromatic rings. The van der Waals surface area contributed by atoms with Crippen molar-refractivity contribution in [1.29, 1.82) is 0 Å². The number of hydrogen-bond acceptors (Lipinski definition) is 3. The molecule has 0 radical (unpaired) electrons. The van der Waals surface area contributed by atoms with Crippen molar-refractivity contribution >= 4 is 22.6 Å². The monoisotopic (exact) mass is 286 g/mol. The van der Waals surface area contributed by atoms with E-state index in [9.17, 15) is 0 Å². The van der Waals surface area contributed by atoms with Gasteiger partial charge in [0, 0.05) is 22.6 Å². The van der Waals surface area contributed by atoms with Crippen LogP contribution in [0.4, 0.5) is 0 Å². The molecule has 0 bridgehead atoms. The highest BCUT2D eigenvalue weighted by Crippen LogP contribution is 2.08. The molecule has 0 saturated heterocycles. The minimum Gasteiger partial charge on any atom is -0.416 e. The summed E-state index contributed by atoms with van der Waals surface area (Å²) in [7, 11) is 0. The fraction of sp³-hybridized carbons (Fsp3) is 0.111. The topological polar surface area (TPSA) is 38.9 Å². The van der Waals surface area contributed by atoms with Gasteiger partial charge in [-0.2, -0.15) is 0 Å². The molecule has 0 fully saturated rings. The Labute approximate surface area is 89.3 Å². The first-order chi connectivity index (χ1) is 6.34. The molecule has 0 amide bonds. The average Bonchev–Trinajstić information content (AvgIpc) is 2.53. The number of nitrogens with zero attached hydrogens (tertiary/aromatic N) is 2. The van der Waals surface area contributed by atoms with Crippen LogP contribution in [-0.4, -0.2) is 10.2 Å². The van der Waals surface area contributed by atoms with Crippen LogP contribution >= 0.6 is 22.6 Å². The molecule has 0 unspecified atom stereocenters. The van der Waals surface area contributed by atoms with E-state index in [1.54, 1.807) is 0 Å². The van der Waals surface area contributed by atoms with Crippen molar-refractivity contribution in [3.05, 3.63) is 45.7 Å². The molecule has 66 valence electrons. The van der Waals surface area contributed by atoms with Crippen molar-refractivity contribution in [2.24, 2.45) is 0 Å². The van der Waals surface area contributed by atoms with Crippen molar-refractivity contribution in [2.75, 3.05) is 0 Å². The molecule has 2 rings (SSSR count). The quantitative estimate of drug-likeness (QED) is 0.795. The minimum absolute atomic E-state index is 0.587. The number of benzene rings is 1. The fourth-order valence-corrected chi connectivity index (χ4v) is 1.44. The van der Waals surface area contributed by atoms with Gasteiger partial charge in [-0.25, -0.2) is 0 Å². The van der Waals surface area contributed by atoms with Gasteiger partial charge < -0.3 is 4.42 Å². The third-order valence-electron chi connectivity index (χ3n) is 1.64. The van der Waals surface area contributed by atoms with E-state index in [-0.39, 0.29) is 0 Å². The standard InChI is InChI=1S/C9H7IN2O/c10-9-12-11-8(13-9)6-7-4-2-1-3-5-7/h1-5H,6H2. The summed E-state index contributed by atoms with van der Waals surface area (Å²) in [6.45, 7) is 0. The zero-order chi connectivity index (χ0) is 9.10. The molecule has 0 saturated carbocycles. The highest BCUT2D eigenvalue weighted by molar-refractivity contribution is 14.1. The molecule has 0 N–H and O–H groups in total. The molecule has 0 aliphatic carbocycles. The first kappa shape index (κ1) is 8.68. The molecule has 0 aliphatic rings. The average molecular weight is 286 g/mol. The van der Waals surface area contributed by atoms with Crippen LogP contribution in [0.2, 0.25) is 0 Å². The molecule has 0 spiro atoms. The number of aromatic nitrogens is 2. The lowest BCUT2D eigenvalue weighted by atomic mass is 10.2. The number of halogens is 1. The normalized spacial score (nSPS) is 10.2.